The van der Waals surface area contributed by atoms with Crippen LogP contribution in [0.3, 0.4) is 0 Å². The highest BCUT2D eigenvalue weighted by Gasteiger charge is 2.27. The molecule has 7 heteroatoms. The van der Waals surface area contributed by atoms with Crippen molar-refractivity contribution in [1.29, 1.82) is 0 Å². The molecule has 6 nitrogen and oxygen atoms in total. The highest BCUT2D eigenvalue weighted by molar-refractivity contribution is 5.92. The van der Waals surface area contributed by atoms with Gasteiger partial charge >= 0.3 is 0 Å². The van der Waals surface area contributed by atoms with Crippen LogP contribution in [0.25, 0.3) is 11.3 Å². The predicted molar refractivity (Wildman–Crippen MR) is 88.3 cm³/mol. The summed E-state index contributed by atoms with van der Waals surface area (Å²) < 4.78 is 20.6. The summed E-state index contributed by atoms with van der Waals surface area (Å²) in [6.07, 6.45) is 7.34. The van der Waals surface area contributed by atoms with Crippen LogP contribution in [-0.4, -0.2) is 38.6 Å². The standard InChI is InChI=1S/C18H17FN4O2/c19-14-4-1-3-13(9-14)16-10-17(25-21-16)18(24)22-7-2-5-15(11-22)23-8-6-20-12-23/h1,3-4,6,8-10,12,15H,2,5,7,11H2. The van der Waals surface area contributed by atoms with Gasteiger partial charge in [0.1, 0.15) is 11.5 Å². The Morgan fingerprint density at radius 1 is 1.32 bits per heavy atom. The summed E-state index contributed by atoms with van der Waals surface area (Å²) in [7, 11) is 0. The maximum absolute atomic E-state index is 13.3. The molecule has 2 aromatic heterocycles. The van der Waals surface area contributed by atoms with E-state index >= 15 is 0 Å². The molecule has 3 aromatic rings. The molecule has 1 aliphatic heterocycles. The number of rotatable bonds is 3. The van der Waals surface area contributed by atoms with Crippen molar-refractivity contribution >= 4 is 5.91 Å². The summed E-state index contributed by atoms with van der Waals surface area (Å²) in [5.74, 6) is -0.377. The average Bonchev–Trinajstić information content (AvgIpc) is 3.33. The molecule has 0 saturated carbocycles. The van der Waals surface area contributed by atoms with E-state index < -0.39 is 0 Å². The second kappa shape index (κ2) is 6.51. The van der Waals surface area contributed by atoms with Gasteiger partial charge in [0.15, 0.2) is 0 Å². The summed E-state index contributed by atoms with van der Waals surface area (Å²) in [6.45, 7) is 1.28. The Hall–Kier alpha value is -2.96. The monoisotopic (exact) mass is 340 g/mol. The number of amides is 1. The predicted octanol–water partition coefficient (Wildman–Crippen LogP) is 3.15. The Morgan fingerprint density at radius 2 is 2.24 bits per heavy atom. The first kappa shape index (κ1) is 15.6. The van der Waals surface area contributed by atoms with E-state index in [1.807, 2.05) is 10.8 Å². The van der Waals surface area contributed by atoms with E-state index in [0.717, 1.165) is 12.8 Å². The topological polar surface area (TPSA) is 64.2 Å². The molecule has 128 valence electrons. The summed E-state index contributed by atoms with van der Waals surface area (Å²) >= 11 is 0. The molecule has 0 N–H and O–H groups in total. The second-order valence-corrected chi connectivity index (χ2v) is 6.14. The number of imidazole rings is 1. The first-order chi connectivity index (χ1) is 12.2. The molecule has 25 heavy (non-hydrogen) atoms. The fraction of sp³-hybridized carbons (Fsp3) is 0.278. The smallest absolute Gasteiger partial charge is 0.292 e. The molecule has 1 unspecified atom stereocenters. The van der Waals surface area contributed by atoms with Crippen molar-refractivity contribution in [1.82, 2.24) is 19.6 Å². The van der Waals surface area contributed by atoms with Gasteiger partial charge in [-0.1, -0.05) is 17.3 Å². The van der Waals surface area contributed by atoms with Crippen molar-refractivity contribution < 1.29 is 13.7 Å². The van der Waals surface area contributed by atoms with Crippen LogP contribution in [0.15, 0.2) is 53.6 Å². The van der Waals surface area contributed by atoms with Gasteiger partial charge in [0, 0.05) is 37.1 Å². The number of hydrogen-bond acceptors (Lipinski definition) is 4. The minimum absolute atomic E-state index is 0.172. The zero-order chi connectivity index (χ0) is 17.2. The maximum Gasteiger partial charge on any atom is 0.292 e. The molecule has 4 rings (SSSR count). The van der Waals surface area contributed by atoms with Crippen LogP contribution in [0.1, 0.15) is 29.4 Å². The van der Waals surface area contributed by atoms with Gasteiger partial charge in [-0.15, -0.1) is 0 Å². The lowest BCUT2D eigenvalue weighted by molar-refractivity contribution is 0.0638. The third-order valence-electron chi connectivity index (χ3n) is 4.47. The van der Waals surface area contributed by atoms with E-state index in [0.29, 0.717) is 24.3 Å². The highest BCUT2D eigenvalue weighted by Crippen LogP contribution is 2.25. The maximum atomic E-state index is 13.3. The Labute approximate surface area is 143 Å². The fourth-order valence-corrected chi connectivity index (χ4v) is 3.18. The second-order valence-electron chi connectivity index (χ2n) is 6.14. The van der Waals surface area contributed by atoms with Crippen molar-refractivity contribution in [2.24, 2.45) is 0 Å². The molecular weight excluding hydrogens is 323 g/mol. The quantitative estimate of drug-likeness (QED) is 0.735. The van der Waals surface area contributed by atoms with Crippen LogP contribution >= 0.6 is 0 Å². The van der Waals surface area contributed by atoms with Crippen LogP contribution in [-0.2, 0) is 0 Å². The molecule has 0 spiro atoms. The average molecular weight is 340 g/mol. The van der Waals surface area contributed by atoms with Crippen molar-refractivity contribution in [2.75, 3.05) is 13.1 Å². The molecule has 0 radical (unpaired) electrons. The third-order valence-corrected chi connectivity index (χ3v) is 4.47. The zero-order valence-corrected chi connectivity index (χ0v) is 13.5. The Bertz CT molecular complexity index is 875. The van der Waals surface area contributed by atoms with Crippen molar-refractivity contribution in [3.05, 3.63) is 60.6 Å². The highest BCUT2D eigenvalue weighted by atomic mass is 19.1. The summed E-state index contributed by atoms with van der Waals surface area (Å²) in [4.78, 5) is 18.6. The third kappa shape index (κ3) is 3.17. The van der Waals surface area contributed by atoms with Crippen LogP contribution < -0.4 is 0 Å². The lowest BCUT2D eigenvalue weighted by Gasteiger charge is -2.32. The molecule has 1 saturated heterocycles. The molecule has 0 aliphatic carbocycles. The summed E-state index contributed by atoms with van der Waals surface area (Å²) in [5.41, 5.74) is 1.03. The first-order valence-corrected chi connectivity index (χ1v) is 8.20. The molecular formula is C18H17FN4O2. The Balaban J connectivity index is 1.51. The molecule has 1 atom stereocenters. The summed E-state index contributed by atoms with van der Waals surface area (Å²) in [5, 5.41) is 3.91. The number of carbonyl (C=O) groups excluding carboxylic acids is 1. The molecule has 1 aliphatic rings. The number of halogens is 1. The molecule has 1 fully saturated rings. The minimum atomic E-state index is -0.354. The van der Waals surface area contributed by atoms with Crippen molar-refractivity contribution in [3.8, 4) is 11.3 Å². The number of nitrogens with zero attached hydrogens (tertiary/aromatic N) is 4. The lowest BCUT2D eigenvalue weighted by Crippen LogP contribution is -2.40. The SMILES string of the molecule is O=C(c1cc(-c2cccc(F)c2)no1)N1CCCC(n2ccnc2)C1. The van der Waals surface area contributed by atoms with Gasteiger partial charge in [-0.25, -0.2) is 9.37 Å². The van der Waals surface area contributed by atoms with Crippen molar-refractivity contribution in [2.45, 2.75) is 18.9 Å². The van der Waals surface area contributed by atoms with E-state index in [-0.39, 0.29) is 23.5 Å². The first-order valence-electron chi connectivity index (χ1n) is 8.20. The largest absolute Gasteiger partial charge is 0.350 e. The van der Waals surface area contributed by atoms with E-state index in [2.05, 4.69) is 10.1 Å². The van der Waals surface area contributed by atoms with E-state index in [1.54, 1.807) is 35.6 Å². The Morgan fingerprint density at radius 3 is 3.04 bits per heavy atom. The van der Waals surface area contributed by atoms with Gasteiger partial charge in [0.05, 0.1) is 12.4 Å². The van der Waals surface area contributed by atoms with E-state index in [4.69, 9.17) is 4.52 Å². The minimum Gasteiger partial charge on any atom is -0.350 e. The number of aromatic nitrogens is 3. The van der Waals surface area contributed by atoms with E-state index in [9.17, 15) is 9.18 Å². The van der Waals surface area contributed by atoms with Gasteiger partial charge in [-0.3, -0.25) is 4.79 Å². The molecule has 3 heterocycles. The fourth-order valence-electron chi connectivity index (χ4n) is 3.18. The summed E-state index contributed by atoms with van der Waals surface area (Å²) in [6, 6.07) is 7.83. The molecule has 0 bridgehead atoms. The molecule has 1 amide bonds. The van der Waals surface area contributed by atoms with E-state index in [1.165, 1.54) is 12.1 Å². The number of carbonyl (C=O) groups is 1. The van der Waals surface area contributed by atoms with Gasteiger partial charge in [-0.05, 0) is 25.0 Å². The number of likely N-dealkylation sites (tertiary alicyclic amines) is 1. The molecule has 1 aromatic carbocycles. The van der Waals surface area contributed by atoms with Gasteiger partial charge < -0.3 is 14.0 Å². The van der Waals surface area contributed by atoms with Crippen LogP contribution in [0.4, 0.5) is 4.39 Å². The van der Waals surface area contributed by atoms with Crippen LogP contribution in [0.5, 0.6) is 0 Å². The number of benzene rings is 1. The number of hydrogen-bond donors (Lipinski definition) is 0. The zero-order valence-electron chi connectivity index (χ0n) is 13.5. The van der Waals surface area contributed by atoms with Crippen LogP contribution in [0.2, 0.25) is 0 Å². The Kier molecular flexibility index (Phi) is 4.05. The van der Waals surface area contributed by atoms with Gasteiger partial charge in [-0.2, -0.15) is 0 Å². The van der Waals surface area contributed by atoms with Gasteiger partial charge in [0.2, 0.25) is 5.76 Å². The normalized spacial score (nSPS) is 17.6. The lowest BCUT2D eigenvalue weighted by atomic mass is 10.1. The van der Waals surface area contributed by atoms with Crippen LogP contribution in [0, 0.1) is 5.82 Å². The number of piperidine rings is 1. The van der Waals surface area contributed by atoms with Gasteiger partial charge in [0.25, 0.3) is 5.91 Å². The van der Waals surface area contributed by atoms with Crippen molar-refractivity contribution in [3.63, 3.8) is 0 Å².